The lowest BCUT2D eigenvalue weighted by Crippen LogP contribution is -1.82. The molecule has 0 aromatic carbocycles. The van der Waals surface area contributed by atoms with E-state index in [0.717, 1.165) is 6.42 Å². The first kappa shape index (κ1) is 12.2. The van der Waals surface area contributed by atoms with E-state index in [2.05, 4.69) is 13.5 Å². The first-order chi connectivity index (χ1) is 6.31. The second kappa shape index (κ2) is 9.24. The Bertz CT molecular complexity index is 168. The summed E-state index contributed by atoms with van der Waals surface area (Å²) < 4.78 is 0. The SMILES string of the molecule is C=CC(=O)C=CCCCCCCC. The quantitative estimate of drug-likeness (QED) is 0.411. The molecule has 0 N–H and O–H groups in total. The summed E-state index contributed by atoms with van der Waals surface area (Å²) in [6.45, 7) is 5.61. The smallest absolute Gasteiger partial charge is 0.177 e. The Labute approximate surface area is 81.5 Å². The van der Waals surface area contributed by atoms with Gasteiger partial charge in [0.2, 0.25) is 0 Å². The van der Waals surface area contributed by atoms with E-state index in [-0.39, 0.29) is 5.78 Å². The van der Waals surface area contributed by atoms with E-state index in [1.807, 2.05) is 6.08 Å². The lowest BCUT2D eigenvalue weighted by Gasteiger charge is -1.95. The second-order valence-electron chi connectivity index (χ2n) is 3.21. The maximum absolute atomic E-state index is 10.7. The second-order valence-corrected chi connectivity index (χ2v) is 3.21. The van der Waals surface area contributed by atoms with Gasteiger partial charge in [0.15, 0.2) is 5.78 Å². The van der Waals surface area contributed by atoms with Gasteiger partial charge < -0.3 is 0 Å². The van der Waals surface area contributed by atoms with Crippen LogP contribution in [0.1, 0.15) is 45.4 Å². The third-order valence-electron chi connectivity index (χ3n) is 1.96. The van der Waals surface area contributed by atoms with Crippen molar-refractivity contribution in [2.75, 3.05) is 0 Å². The molecule has 74 valence electrons. The Balaban J connectivity index is 3.20. The number of unbranched alkanes of at least 4 members (excludes halogenated alkanes) is 5. The molecule has 1 heteroatoms. The van der Waals surface area contributed by atoms with Crippen LogP contribution in [0.4, 0.5) is 0 Å². The molecule has 1 nitrogen and oxygen atoms in total. The van der Waals surface area contributed by atoms with Gasteiger partial charge in [-0.2, -0.15) is 0 Å². The zero-order valence-corrected chi connectivity index (χ0v) is 8.59. The van der Waals surface area contributed by atoms with Crippen molar-refractivity contribution in [1.29, 1.82) is 0 Å². The number of carbonyl (C=O) groups excluding carboxylic acids is 1. The zero-order chi connectivity index (χ0) is 9.94. The minimum atomic E-state index is 0.00792. The predicted octanol–water partition coefficient (Wildman–Crippen LogP) is 3.66. The van der Waals surface area contributed by atoms with Crippen LogP contribution in [0.2, 0.25) is 0 Å². The van der Waals surface area contributed by atoms with Crippen LogP contribution in [-0.4, -0.2) is 5.78 Å². The fourth-order valence-electron chi connectivity index (χ4n) is 1.13. The molecule has 0 heterocycles. The summed E-state index contributed by atoms with van der Waals surface area (Å²) in [6, 6.07) is 0. The van der Waals surface area contributed by atoms with E-state index >= 15 is 0 Å². The van der Waals surface area contributed by atoms with Crippen molar-refractivity contribution in [2.45, 2.75) is 45.4 Å². The zero-order valence-electron chi connectivity index (χ0n) is 8.59. The molecular formula is C12H20O. The maximum atomic E-state index is 10.7. The van der Waals surface area contributed by atoms with Crippen LogP contribution in [0.5, 0.6) is 0 Å². The molecule has 0 aliphatic rings. The Morgan fingerprint density at radius 2 is 1.92 bits per heavy atom. The standard InChI is InChI=1S/C12H20O/c1-3-5-6-7-8-9-10-11-12(13)4-2/h4,10-11H,2-3,5-9H2,1H3. The molecule has 0 amide bonds. The summed E-state index contributed by atoms with van der Waals surface area (Å²) >= 11 is 0. The van der Waals surface area contributed by atoms with Crippen LogP contribution in [-0.2, 0) is 4.79 Å². The maximum Gasteiger partial charge on any atom is 0.177 e. The Morgan fingerprint density at radius 1 is 1.23 bits per heavy atom. The predicted molar refractivity (Wildman–Crippen MR) is 57.7 cm³/mol. The van der Waals surface area contributed by atoms with Gasteiger partial charge in [0, 0.05) is 0 Å². The van der Waals surface area contributed by atoms with Crippen molar-refractivity contribution in [1.82, 2.24) is 0 Å². The van der Waals surface area contributed by atoms with E-state index in [4.69, 9.17) is 0 Å². The molecule has 0 bridgehead atoms. The van der Waals surface area contributed by atoms with Crippen molar-refractivity contribution in [3.63, 3.8) is 0 Å². The summed E-state index contributed by atoms with van der Waals surface area (Å²) in [5.74, 6) is 0.00792. The number of hydrogen-bond donors (Lipinski definition) is 0. The first-order valence-electron chi connectivity index (χ1n) is 5.14. The minimum absolute atomic E-state index is 0.00792. The summed E-state index contributed by atoms with van der Waals surface area (Å²) in [7, 11) is 0. The fraction of sp³-hybridized carbons (Fsp3) is 0.583. The summed E-state index contributed by atoms with van der Waals surface area (Å²) in [4.78, 5) is 10.7. The van der Waals surface area contributed by atoms with Crippen molar-refractivity contribution in [3.05, 3.63) is 24.8 Å². The molecule has 0 aliphatic carbocycles. The molecule has 0 radical (unpaired) electrons. The van der Waals surface area contributed by atoms with E-state index in [0.29, 0.717) is 0 Å². The van der Waals surface area contributed by atoms with Gasteiger partial charge in [0.25, 0.3) is 0 Å². The molecule has 0 unspecified atom stereocenters. The molecule has 0 aromatic rings. The number of carbonyl (C=O) groups is 1. The average molecular weight is 180 g/mol. The highest BCUT2D eigenvalue weighted by Crippen LogP contribution is 2.05. The normalized spacial score (nSPS) is 10.5. The van der Waals surface area contributed by atoms with Crippen molar-refractivity contribution >= 4 is 5.78 Å². The van der Waals surface area contributed by atoms with E-state index < -0.39 is 0 Å². The number of allylic oxidation sites excluding steroid dienone is 3. The van der Waals surface area contributed by atoms with Gasteiger partial charge >= 0.3 is 0 Å². The summed E-state index contributed by atoms with van der Waals surface area (Å²) in [5.41, 5.74) is 0. The highest BCUT2D eigenvalue weighted by Gasteiger charge is 1.87. The van der Waals surface area contributed by atoms with E-state index in [1.165, 1.54) is 38.2 Å². The molecule has 0 saturated carbocycles. The van der Waals surface area contributed by atoms with Gasteiger partial charge in [-0.15, -0.1) is 0 Å². The highest BCUT2D eigenvalue weighted by atomic mass is 16.1. The molecular weight excluding hydrogens is 160 g/mol. The number of ketones is 1. The average Bonchev–Trinajstić information content (AvgIpc) is 2.16. The molecule has 0 atom stereocenters. The van der Waals surface area contributed by atoms with Gasteiger partial charge in [0.1, 0.15) is 0 Å². The summed E-state index contributed by atoms with van der Waals surface area (Å²) in [5, 5.41) is 0. The lowest BCUT2D eigenvalue weighted by atomic mass is 10.1. The highest BCUT2D eigenvalue weighted by molar-refractivity contribution is 5.98. The summed E-state index contributed by atoms with van der Waals surface area (Å²) in [6.07, 6.45) is 12.3. The molecule has 0 saturated heterocycles. The Hall–Kier alpha value is -0.850. The molecule has 13 heavy (non-hydrogen) atoms. The van der Waals surface area contributed by atoms with Crippen molar-refractivity contribution < 1.29 is 4.79 Å². The van der Waals surface area contributed by atoms with Gasteiger partial charge in [-0.05, 0) is 25.0 Å². The Kier molecular flexibility index (Phi) is 8.64. The molecule has 0 aliphatic heterocycles. The largest absolute Gasteiger partial charge is 0.290 e. The van der Waals surface area contributed by atoms with Gasteiger partial charge in [-0.1, -0.05) is 45.3 Å². The third-order valence-corrected chi connectivity index (χ3v) is 1.96. The number of rotatable bonds is 8. The van der Waals surface area contributed by atoms with Crippen LogP contribution in [0, 0.1) is 0 Å². The van der Waals surface area contributed by atoms with Crippen molar-refractivity contribution in [2.24, 2.45) is 0 Å². The molecule has 0 fully saturated rings. The van der Waals surface area contributed by atoms with Gasteiger partial charge in [0.05, 0.1) is 0 Å². The van der Waals surface area contributed by atoms with Gasteiger partial charge in [-0.25, -0.2) is 0 Å². The van der Waals surface area contributed by atoms with Crippen LogP contribution >= 0.6 is 0 Å². The van der Waals surface area contributed by atoms with Crippen LogP contribution in [0.25, 0.3) is 0 Å². The third kappa shape index (κ3) is 9.06. The van der Waals surface area contributed by atoms with Crippen molar-refractivity contribution in [3.8, 4) is 0 Å². The molecule has 0 rings (SSSR count). The van der Waals surface area contributed by atoms with Crippen LogP contribution < -0.4 is 0 Å². The molecule has 0 spiro atoms. The number of hydrogen-bond acceptors (Lipinski definition) is 1. The topological polar surface area (TPSA) is 17.1 Å². The van der Waals surface area contributed by atoms with Crippen LogP contribution in [0.3, 0.4) is 0 Å². The Morgan fingerprint density at radius 3 is 2.54 bits per heavy atom. The molecule has 0 aromatic heterocycles. The lowest BCUT2D eigenvalue weighted by molar-refractivity contribution is -0.110. The van der Waals surface area contributed by atoms with Crippen LogP contribution in [0.15, 0.2) is 24.8 Å². The fourth-order valence-corrected chi connectivity index (χ4v) is 1.13. The minimum Gasteiger partial charge on any atom is -0.290 e. The van der Waals surface area contributed by atoms with E-state index in [1.54, 1.807) is 6.08 Å². The first-order valence-corrected chi connectivity index (χ1v) is 5.14. The van der Waals surface area contributed by atoms with E-state index in [9.17, 15) is 4.79 Å². The monoisotopic (exact) mass is 180 g/mol. The van der Waals surface area contributed by atoms with Gasteiger partial charge in [-0.3, -0.25) is 4.79 Å².